The molecule has 0 amide bonds. The standard InChI is InChI=1S/C18H29N3/c1-3-19-14(2)17-11-10-16(13-20-17)21-12-6-9-18(21)15-7-4-5-8-15/h10-11,13-15,18-19H,3-9,12H2,1-2H3. The first-order valence-corrected chi connectivity index (χ1v) is 8.75. The van der Waals surface area contributed by atoms with Crippen molar-refractivity contribution in [3.8, 4) is 0 Å². The first-order chi connectivity index (χ1) is 10.3. The molecule has 2 fully saturated rings. The van der Waals surface area contributed by atoms with Crippen LogP contribution in [0.5, 0.6) is 0 Å². The Morgan fingerprint density at radius 3 is 2.71 bits per heavy atom. The summed E-state index contributed by atoms with van der Waals surface area (Å²) >= 11 is 0. The molecule has 0 bridgehead atoms. The molecule has 116 valence electrons. The second kappa shape index (κ2) is 6.78. The number of rotatable bonds is 5. The van der Waals surface area contributed by atoms with Gasteiger partial charge < -0.3 is 10.2 Å². The lowest BCUT2D eigenvalue weighted by atomic mass is 9.96. The van der Waals surface area contributed by atoms with Crippen LogP contribution in [0, 0.1) is 5.92 Å². The Bertz CT molecular complexity index is 436. The molecule has 2 heterocycles. The Labute approximate surface area is 129 Å². The summed E-state index contributed by atoms with van der Waals surface area (Å²) in [4.78, 5) is 7.33. The molecule has 0 spiro atoms. The third kappa shape index (κ3) is 3.23. The van der Waals surface area contributed by atoms with Crippen molar-refractivity contribution < 1.29 is 0 Å². The van der Waals surface area contributed by atoms with Gasteiger partial charge in [0.1, 0.15) is 0 Å². The maximum atomic E-state index is 4.70. The van der Waals surface area contributed by atoms with Gasteiger partial charge in [-0.05, 0) is 57.2 Å². The third-order valence-corrected chi connectivity index (χ3v) is 5.30. The van der Waals surface area contributed by atoms with Gasteiger partial charge in [-0.15, -0.1) is 0 Å². The average molecular weight is 287 g/mol. The van der Waals surface area contributed by atoms with Crippen molar-refractivity contribution in [1.29, 1.82) is 0 Å². The number of hydrogen-bond acceptors (Lipinski definition) is 3. The number of nitrogens with zero attached hydrogens (tertiary/aromatic N) is 2. The van der Waals surface area contributed by atoms with Crippen LogP contribution in [0.4, 0.5) is 5.69 Å². The van der Waals surface area contributed by atoms with Crippen molar-refractivity contribution in [2.24, 2.45) is 5.92 Å². The number of anilines is 1. The fraction of sp³-hybridized carbons (Fsp3) is 0.722. The summed E-state index contributed by atoms with van der Waals surface area (Å²) in [6.07, 6.45) is 10.6. The van der Waals surface area contributed by atoms with Gasteiger partial charge in [-0.3, -0.25) is 4.98 Å². The van der Waals surface area contributed by atoms with Crippen LogP contribution in [0.3, 0.4) is 0 Å². The van der Waals surface area contributed by atoms with Gasteiger partial charge >= 0.3 is 0 Å². The van der Waals surface area contributed by atoms with E-state index >= 15 is 0 Å². The second-order valence-electron chi connectivity index (χ2n) is 6.67. The number of hydrogen-bond donors (Lipinski definition) is 1. The Morgan fingerprint density at radius 2 is 2.05 bits per heavy atom. The summed E-state index contributed by atoms with van der Waals surface area (Å²) in [6, 6.07) is 5.59. The Hall–Kier alpha value is -1.09. The molecule has 1 saturated carbocycles. The molecule has 1 aromatic heterocycles. The van der Waals surface area contributed by atoms with E-state index in [1.165, 1.54) is 50.8 Å². The lowest BCUT2D eigenvalue weighted by Gasteiger charge is -2.31. The van der Waals surface area contributed by atoms with Gasteiger partial charge in [0.15, 0.2) is 0 Å². The second-order valence-corrected chi connectivity index (χ2v) is 6.67. The molecule has 3 rings (SSSR count). The van der Waals surface area contributed by atoms with E-state index < -0.39 is 0 Å². The highest BCUT2D eigenvalue weighted by Crippen LogP contribution is 2.37. The molecule has 0 aromatic carbocycles. The van der Waals surface area contributed by atoms with E-state index in [1.807, 2.05) is 0 Å². The minimum atomic E-state index is 0.341. The van der Waals surface area contributed by atoms with Gasteiger partial charge in [-0.2, -0.15) is 0 Å². The maximum Gasteiger partial charge on any atom is 0.0572 e. The van der Waals surface area contributed by atoms with Crippen molar-refractivity contribution >= 4 is 5.69 Å². The predicted octanol–water partition coefficient (Wildman–Crippen LogP) is 3.91. The van der Waals surface area contributed by atoms with Crippen LogP contribution >= 0.6 is 0 Å². The highest BCUT2D eigenvalue weighted by molar-refractivity contribution is 5.47. The zero-order chi connectivity index (χ0) is 14.7. The van der Waals surface area contributed by atoms with E-state index in [2.05, 4.69) is 42.4 Å². The van der Waals surface area contributed by atoms with Crippen LogP contribution < -0.4 is 10.2 Å². The molecule has 1 N–H and O–H groups in total. The van der Waals surface area contributed by atoms with Gasteiger partial charge in [-0.25, -0.2) is 0 Å². The topological polar surface area (TPSA) is 28.2 Å². The molecule has 1 aromatic rings. The van der Waals surface area contributed by atoms with Crippen LogP contribution in [0.1, 0.15) is 64.1 Å². The fourth-order valence-electron chi connectivity index (χ4n) is 4.18. The molecular formula is C18H29N3. The largest absolute Gasteiger partial charge is 0.367 e. The molecule has 1 saturated heterocycles. The van der Waals surface area contributed by atoms with E-state index in [0.29, 0.717) is 6.04 Å². The minimum Gasteiger partial charge on any atom is -0.367 e. The SMILES string of the molecule is CCNC(C)c1ccc(N2CCCC2C2CCCC2)cn1. The normalized spacial score (nSPS) is 24.7. The minimum absolute atomic E-state index is 0.341. The molecule has 3 heteroatoms. The third-order valence-electron chi connectivity index (χ3n) is 5.30. The van der Waals surface area contributed by atoms with Gasteiger partial charge in [-0.1, -0.05) is 19.8 Å². The molecule has 21 heavy (non-hydrogen) atoms. The lowest BCUT2D eigenvalue weighted by Crippen LogP contribution is -2.34. The molecule has 2 unspecified atom stereocenters. The summed E-state index contributed by atoms with van der Waals surface area (Å²) in [5.41, 5.74) is 2.48. The average Bonchev–Trinajstić information content (AvgIpc) is 3.18. The van der Waals surface area contributed by atoms with Crippen molar-refractivity contribution in [1.82, 2.24) is 10.3 Å². The monoisotopic (exact) mass is 287 g/mol. The van der Waals surface area contributed by atoms with Gasteiger partial charge in [0.05, 0.1) is 17.6 Å². The van der Waals surface area contributed by atoms with E-state index in [1.54, 1.807) is 0 Å². The van der Waals surface area contributed by atoms with Crippen molar-refractivity contribution in [3.63, 3.8) is 0 Å². The zero-order valence-electron chi connectivity index (χ0n) is 13.5. The quantitative estimate of drug-likeness (QED) is 0.890. The van der Waals surface area contributed by atoms with Crippen molar-refractivity contribution in [2.45, 2.75) is 64.5 Å². The lowest BCUT2D eigenvalue weighted by molar-refractivity contribution is 0.430. The molecule has 2 atom stereocenters. The number of pyridine rings is 1. The number of nitrogens with one attached hydrogen (secondary N) is 1. The first-order valence-electron chi connectivity index (χ1n) is 8.75. The first kappa shape index (κ1) is 14.8. The van der Waals surface area contributed by atoms with Crippen LogP contribution in [0.2, 0.25) is 0 Å². The maximum absolute atomic E-state index is 4.70. The zero-order valence-corrected chi connectivity index (χ0v) is 13.5. The van der Waals surface area contributed by atoms with E-state index in [9.17, 15) is 0 Å². The van der Waals surface area contributed by atoms with Gasteiger partial charge in [0, 0.05) is 18.6 Å². The summed E-state index contributed by atoms with van der Waals surface area (Å²) < 4.78 is 0. The fourth-order valence-corrected chi connectivity index (χ4v) is 4.18. The van der Waals surface area contributed by atoms with Crippen LogP contribution in [0.25, 0.3) is 0 Å². The highest BCUT2D eigenvalue weighted by atomic mass is 15.2. The Morgan fingerprint density at radius 1 is 1.24 bits per heavy atom. The van der Waals surface area contributed by atoms with Crippen LogP contribution in [0.15, 0.2) is 18.3 Å². The summed E-state index contributed by atoms with van der Waals surface area (Å²) in [7, 11) is 0. The highest BCUT2D eigenvalue weighted by Gasteiger charge is 2.33. The van der Waals surface area contributed by atoms with E-state index in [4.69, 9.17) is 4.98 Å². The van der Waals surface area contributed by atoms with Crippen LogP contribution in [-0.2, 0) is 0 Å². The van der Waals surface area contributed by atoms with Gasteiger partial charge in [0.25, 0.3) is 0 Å². The molecule has 2 aliphatic rings. The summed E-state index contributed by atoms with van der Waals surface area (Å²) in [6.45, 7) is 6.52. The Kier molecular flexibility index (Phi) is 4.79. The van der Waals surface area contributed by atoms with Crippen LogP contribution in [-0.4, -0.2) is 24.1 Å². The molecule has 0 radical (unpaired) electrons. The van der Waals surface area contributed by atoms with Crippen molar-refractivity contribution in [3.05, 3.63) is 24.0 Å². The summed E-state index contributed by atoms with van der Waals surface area (Å²) in [5.74, 6) is 0.924. The van der Waals surface area contributed by atoms with Crippen molar-refractivity contribution in [2.75, 3.05) is 18.0 Å². The molecule has 1 aliphatic heterocycles. The molecular weight excluding hydrogens is 258 g/mol. The summed E-state index contributed by atoms with van der Waals surface area (Å²) in [5, 5.41) is 3.43. The Balaban J connectivity index is 1.70. The number of aromatic nitrogens is 1. The predicted molar refractivity (Wildman–Crippen MR) is 88.7 cm³/mol. The molecule has 3 nitrogen and oxygen atoms in total. The molecule has 1 aliphatic carbocycles. The van der Waals surface area contributed by atoms with E-state index in [-0.39, 0.29) is 0 Å². The van der Waals surface area contributed by atoms with E-state index in [0.717, 1.165) is 24.2 Å². The smallest absolute Gasteiger partial charge is 0.0572 e. The van der Waals surface area contributed by atoms with Gasteiger partial charge in [0.2, 0.25) is 0 Å².